The van der Waals surface area contributed by atoms with Crippen LogP contribution in [0.5, 0.6) is 0 Å². The molecule has 0 radical (unpaired) electrons. The second-order valence-electron chi connectivity index (χ2n) is 5.62. The van der Waals surface area contributed by atoms with Crippen molar-refractivity contribution in [1.29, 1.82) is 0 Å². The summed E-state index contributed by atoms with van der Waals surface area (Å²) in [6, 6.07) is 0.540. The summed E-state index contributed by atoms with van der Waals surface area (Å²) in [5.74, 6) is 2.38. The summed E-state index contributed by atoms with van der Waals surface area (Å²) in [5.41, 5.74) is 1.31. The molecule has 6 heteroatoms. The van der Waals surface area contributed by atoms with Crippen molar-refractivity contribution in [2.75, 3.05) is 23.7 Å². The Morgan fingerprint density at radius 1 is 1.43 bits per heavy atom. The molecule has 2 unspecified atom stereocenters. The van der Waals surface area contributed by atoms with Crippen molar-refractivity contribution in [3.63, 3.8) is 0 Å². The van der Waals surface area contributed by atoms with Crippen LogP contribution in [0.3, 0.4) is 0 Å². The van der Waals surface area contributed by atoms with E-state index in [1.165, 1.54) is 17.3 Å². The Labute approximate surface area is 134 Å². The third-order valence-electron chi connectivity index (χ3n) is 4.22. The lowest BCUT2D eigenvalue weighted by atomic mass is 10.2. The van der Waals surface area contributed by atoms with Gasteiger partial charge in [0.15, 0.2) is 10.8 Å². The Morgan fingerprint density at radius 2 is 2.29 bits per heavy atom. The number of aromatic nitrogens is 2. The number of rotatable bonds is 5. The quantitative estimate of drug-likeness (QED) is 0.856. The van der Waals surface area contributed by atoms with Gasteiger partial charge in [-0.25, -0.2) is 4.98 Å². The summed E-state index contributed by atoms with van der Waals surface area (Å²) in [7, 11) is 0. The molecule has 2 aromatic heterocycles. The van der Waals surface area contributed by atoms with E-state index in [9.17, 15) is 0 Å². The number of hydrogen-bond donors (Lipinski definition) is 1. The van der Waals surface area contributed by atoms with Gasteiger partial charge in [0.05, 0.1) is 5.69 Å². The molecule has 1 fully saturated rings. The molecule has 1 aliphatic rings. The molecule has 0 bridgehead atoms. The number of imidazole rings is 1. The van der Waals surface area contributed by atoms with Crippen LogP contribution in [0, 0.1) is 0 Å². The molecule has 116 valence electrons. The van der Waals surface area contributed by atoms with E-state index in [2.05, 4.69) is 58.7 Å². The molecular formula is C15H24N4S2. The fourth-order valence-electron chi connectivity index (χ4n) is 2.83. The third-order valence-corrected chi connectivity index (χ3v) is 6.31. The molecule has 2 aromatic rings. The number of nitrogens with zero attached hydrogens (tertiary/aromatic N) is 3. The highest BCUT2D eigenvalue weighted by Gasteiger charge is 2.29. The van der Waals surface area contributed by atoms with Crippen molar-refractivity contribution in [2.45, 2.75) is 45.0 Å². The highest BCUT2D eigenvalue weighted by molar-refractivity contribution is 8.00. The molecule has 3 rings (SSSR count). The van der Waals surface area contributed by atoms with Gasteiger partial charge in [-0.05, 0) is 19.9 Å². The van der Waals surface area contributed by atoms with E-state index < -0.39 is 0 Å². The molecular weight excluding hydrogens is 300 g/mol. The second kappa shape index (κ2) is 6.58. The van der Waals surface area contributed by atoms with Gasteiger partial charge >= 0.3 is 0 Å². The van der Waals surface area contributed by atoms with Crippen molar-refractivity contribution in [2.24, 2.45) is 0 Å². The van der Waals surface area contributed by atoms with E-state index in [4.69, 9.17) is 4.98 Å². The van der Waals surface area contributed by atoms with Gasteiger partial charge in [0.2, 0.25) is 0 Å². The Hall–Kier alpha value is -0.720. The predicted molar refractivity (Wildman–Crippen MR) is 93.8 cm³/mol. The zero-order valence-electron chi connectivity index (χ0n) is 13.0. The van der Waals surface area contributed by atoms with Crippen LogP contribution in [0.25, 0.3) is 4.96 Å². The van der Waals surface area contributed by atoms with Gasteiger partial charge in [-0.1, -0.05) is 13.8 Å². The fraction of sp³-hybridized carbons (Fsp3) is 0.667. The lowest BCUT2D eigenvalue weighted by Gasteiger charge is -2.38. The molecule has 2 atom stereocenters. The summed E-state index contributed by atoms with van der Waals surface area (Å²) in [5, 5.41) is 6.32. The summed E-state index contributed by atoms with van der Waals surface area (Å²) in [6.07, 6.45) is 3.31. The van der Waals surface area contributed by atoms with Crippen LogP contribution in [-0.2, 0) is 6.54 Å². The van der Waals surface area contributed by atoms with Gasteiger partial charge in [-0.2, -0.15) is 11.8 Å². The Morgan fingerprint density at radius 3 is 3.10 bits per heavy atom. The van der Waals surface area contributed by atoms with Crippen molar-refractivity contribution in [1.82, 2.24) is 14.7 Å². The first-order chi connectivity index (χ1) is 10.2. The van der Waals surface area contributed by atoms with Gasteiger partial charge in [-0.15, -0.1) is 11.3 Å². The van der Waals surface area contributed by atoms with E-state index in [0.29, 0.717) is 11.3 Å². The number of fused-ring (bicyclic) bond motifs is 1. The minimum atomic E-state index is 0.540. The van der Waals surface area contributed by atoms with E-state index in [1.54, 1.807) is 11.3 Å². The maximum atomic E-state index is 4.92. The summed E-state index contributed by atoms with van der Waals surface area (Å²) < 4.78 is 2.25. The zero-order valence-corrected chi connectivity index (χ0v) is 14.6. The van der Waals surface area contributed by atoms with Crippen LogP contribution in [0.1, 0.15) is 32.9 Å². The van der Waals surface area contributed by atoms with Gasteiger partial charge in [0.25, 0.3) is 0 Å². The first kappa shape index (κ1) is 15.2. The summed E-state index contributed by atoms with van der Waals surface area (Å²) in [4.78, 5) is 8.53. The second-order valence-corrected chi connectivity index (χ2v) is 7.98. The first-order valence-electron chi connectivity index (χ1n) is 7.75. The maximum absolute atomic E-state index is 4.92. The minimum absolute atomic E-state index is 0.540. The highest BCUT2D eigenvalue weighted by atomic mass is 32.2. The smallest absolute Gasteiger partial charge is 0.195 e. The van der Waals surface area contributed by atoms with Crippen molar-refractivity contribution >= 4 is 33.9 Å². The first-order valence-corrected chi connectivity index (χ1v) is 9.68. The Bertz CT molecular complexity index is 592. The van der Waals surface area contributed by atoms with Crippen LogP contribution in [-0.4, -0.2) is 39.5 Å². The van der Waals surface area contributed by atoms with Gasteiger partial charge in [0.1, 0.15) is 0 Å². The number of thioether (sulfide) groups is 1. The van der Waals surface area contributed by atoms with Crippen molar-refractivity contribution in [3.8, 4) is 0 Å². The largest absolute Gasteiger partial charge is 0.350 e. The standard InChI is InChI=1S/C15H24N4S2/c1-4-5-16-10-13-14(17-15-19(13)7-9-21-15)18-6-8-20-12(3)11(18)2/h7,9,11-12,16H,4-6,8,10H2,1-3H3. The molecule has 4 nitrogen and oxygen atoms in total. The zero-order chi connectivity index (χ0) is 14.8. The Kier molecular flexibility index (Phi) is 4.76. The molecule has 1 N–H and O–H groups in total. The maximum Gasteiger partial charge on any atom is 0.195 e. The molecule has 3 heterocycles. The normalized spacial score (nSPS) is 23.1. The number of nitrogens with one attached hydrogen (secondary N) is 1. The van der Waals surface area contributed by atoms with Crippen molar-refractivity contribution in [3.05, 3.63) is 17.3 Å². The monoisotopic (exact) mass is 324 g/mol. The summed E-state index contributed by atoms with van der Waals surface area (Å²) in [6.45, 7) is 9.91. The molecule has 1 saturated heterocycles. The van der Waals surface area contributed by atoms with E-state index in [0.717, 1.165) is 31.0 Å². The Balaban J connectivity index is 1.92. The van der Waals surface area contributed by atoms with E-state index in [1.807, 2.05) is 0 Å². The van der Waals surface area contributed by atoms with E-state index in [-0.39, 0.29) is 0 Å². The fourth-order valence-corrected chi connectivity index (χ4v) is 4.66. The highest BCUT2D eigenvalue weighted by Crippen LogP contribution is 2.32. The third kappa shape index (κ3) is 2.94. The average Bonchev–Trinajstić information content (AvgIpc) is 3.04. The molecule has 0 amide bonds. The minimum Gasteiger partial charge on any atom is -0.350 e. The number of anilines is 1. The van der Waals surface area contributed by atoms with Crippen LogP contribution >= 0.6 is 23.1 Å². The molecule has 0 aromatic carbocycles. The van der Waals surface area contributed by atoms with Crippen molar-refractivity contribution < 1.29 is 0 Å². The molecule has 0 aliphatic carbocycles. The van der Waals surface area contributed by atoms with Gasteiger partial charge in [-0.3, -0.25) is 4.40 Å². The predicted octanol–water partition coefficient (Wildman–Crippen LogP) is 3.23. The lowest BCUT2D eigenvalue weighted by Crippen LogP contribution is -2.45. The molecule has 0 saturated carbocycles. The van der Waals surface area contributed by atoms with Crippen LogP contribution in [0.4, 0.5) is 5.82 Å². The van der Waals surface area contributed by atoms with Crippen LogP contribution in [0.2, 0.25) is 0 Å². The number of thiazole rings is 1. The van der Waals surface area contributed by atoms with Crippen LogP contribution < -0.4 is 10.2 Å². The molecule has 1 aliphatic heterocycles. The van der Waals surface area contributed by atoms with E-state index >= 15 is 0 Å². The van der Waals surface area contributed by atoms with Gasteiger partial charge in [0, 0.05) is 41.7 Å². The average molecular weight is 325 g/mol. The SMILES string of the molecule is CCCNCc1c(N2CCSC(C)C2C)nc2sccn12. The van der Waals surface area contributed by atoms with Gasteiger partial charge < -0.3 is 10.2 Å². The summed E-state index contributed by atoms with van der Waals surface area (Å²) >= 11 is 3.79. The van der Waals surface area contributed by atoms with Crippen LogP contribution in [0.15, 0.2) is 11.6 Å². The molecule has 21 heavy (non-hydrogen) atoms. The molecule has 0 spiro atoms. The topological polar surface area (TPSA) is 32.6 Å². The lowest BCUT2D eigenvalue weighted by molar-refractivity contribution is 0.609. The number of hydrogen-bond acceptors (Lipinski definition) is 5.